The number of fused-ring (bicyclic) bond motifs is 1. The van der Waals surface area contributed by atoms with Gasteiger partial charge in [-0.3, -0.25) is 20.0 Å². The van der Waals surface area contributed by atoms with Crippen molar-refractivity contribution in [3.63, 3.8) is 0 Å². The molecular weight excluding hydrogens is 388 g/mol. The number of hydrogen-bond acceptors (Lipinski definition) is 5. The van der Waals surface area contributed by atoms with Gasteiger partial charge >= 0.3 is 51.4 Å². The van der Waals surface area contributed by atoms with Crippen LogP contribution in [-0.4, -0.2) is 30.3 Å². The van der Waals surface area contributed by atoms with Crippen LogP contribution in [0.2, 0.25) is 10.0 Å². The van der Waals surface area contributed by atoms with Crippen LogP contribution in [0.3, 0.4) is 0 Å². The Balaban J connectivity index is 0.00000182. The monoisotopic (exact) mass is 397 g/mol. The van der Waals surface area contributed by atoms with E-state index < -0.39 is 0 Å². The quantitative estimate of drug-likeness (QED) is 0.449. The van der Waals surface area contributed by atoms with Gasteiger partial charge in [0.15, 0.2) is 0 Å². The summed E-state index contributed by atoms with van der Waals surface area (Å²) in [6.07, 6.45) is 1.69. The SMILES string of the molecule is Cc1nn(Cc2cccc(Cl)c2Cl)c2cc(-c3nnn[n-]3)cnc12.[K+]. The Kier molecular flexibility index (Phi) is 5.89. The maximum absolute atomic E-state index is 6.29. The molecule has 3 heterocycles. The molecule has 0 bridgehead atoms. The summed E-state index contributed by atoms with van der Waals surface area (Å²) in [6.45, 7) is 2.39. The second-order valence-electron chi connectivity index (χ2n) is 5.25. The van der Waals surface area contributed by atoms with Crippen molar-refractivity contribution in [2.24, 2.45) is 0 Å². The third-order valence-electron chi connectivity index (χ3n) is 3.69. The van der Waals surface area contributed by atoms with Gasteiger partial charge in [-0.25, -0.2) is 0 Å². The fourth-order valence-corrected chi connectivity index (χ4v) is 2.93. The van der Waals surface area contributed by atoms with E-state index >= 15 is 0 Å². The summed E-state index contributed by atoms with van der Waals surface area (Å²) < 4.78 is 1.84. The number of halogens is 2. The van der Waals surface area contributed by atoms with Crippen molar-refractivity contribution >= 4 is 34.2 Å². The van der Waals surface area contributed by atoms with Gasteiger partial charge in [0, 0.05) is 17.6 Å². The van der Waals surface area contributed by atoms with Gasteiger partial charge in [-0.05, 0) is 24.6 Å². The van der Waals surface area contributed by atoms with Crippen molar-refractivity contribution in [1.29, 1.82) is 0 Å². The van der Waals surface area contributed by atoms with Crippen molar-refractivity contribution in [2.75, 3.05) is 0 Å². The summed E-state index contributed by atoms with van der Waals surface area (Å²) in [5.41, 5.74) is 4.10. The number of aryl methyl sites for hydroxylation is 1. The van der Waals surface area contributed by atoms with Crippen molar-refractivity contribution in [3.8, 4) is 11.4 Å². The zero-order valence-electron chi connectivity index (χ0n) is 13.5. The Morgan fingerprint density at radius 1 is 1.24 bits per heavy atom. The van der Waals surface area contributed by atoms with Gasteiger partial charge in [0.1, 0.15) is 5.52 Å². The standard InChI is InChI=1S/C15H10Cl2N7.K/c1-8-14-12(5-10(6-18-14)15-19-22-23-20-15)24(21-8)7-9-3-2-4-11(16)13(9)17;/h2-6H,7H2,1H3;/q-1;+1. The molecule has 25 heavy (non-hydrogen) atoms. The van der Waals surface area contributed by atoms with E-state index in [0.29, 0.717) is 22.4 Å². The summed E-state index contributed by atoms with van der Waals surface area (Å²) in [6, 6.07) is 7.45. The molecule has 4 rings (SSSR count). The van der Waals surface area contributed by atoms with Gasteiger partial charge in [-0.15, -0.1) is 0 Å². The molecule has 0 aliphatic rings. The second-order valence-corrected chi connectivity index (χ2v) is 6.04. The van der Waals surface area contributed by atoms with E-state index in [4.69, 9.17) is 23.2 Å². The molecule has 0 atom stereocenters. The zero-order valence-corrected chi connectivity index (χ0v) is 18.1. The molecule has 0 N–H and O–H groups in total. The molecule has 4 aromatic rings. The minimum Gasteiger partial charge on any atom is -0.330 e. The van der Waals surface area contributed by atoms with E-state index in [1.54, 1.807) is 12.3 Å². The summed E-state index contributed by atoms with van der Waals surface area (Å²) >= 11 is 12.4. The number of pyridine rings is 1. The first kappa shape index (κ1) is 18.9. The van der Waals surface area contributed by atoms with Crippen LogP contribution in [-0.2, 0) is 6.54 Å². The van der Waals surface area contributed by atoms with Gasteiger partial charge in [-0.1, -0.05) is 35.3 Å². The van der Waals surface area contributed by atoms with Gasteiger partial charge in [-0.2, -0.15) is 10.3 Å². The molecule has 120 valence electrons. The maximum Gasteiger partial charge on any atom is 1.00 e. The molecule has 0 unspecified atom stereocenters. The van der Waals surface area contributed by atoms with Crippen molar-refractivity contribution in [2.45, 2.75) is 13.5 Å². The van der Waals surface area contributed by atoms with Crippen molar-refractivity contribution in [1.82, 2.24) is 35.4 Å². The minimum absolute atomic E-state index is 0. The average molecular weight is 398 g/mol. The molecule has 0 aliphatic carbocycles. The number of hydrogen-bond donors (Lipinski definition) is 0. The third kappa shape index (κ3) is 3.66. The van der Waals surface area contributed by atoms with Crippen molar-refractivity contribution in [3.05, 3.63) is 51.8 Å². The van der Waals surface area contributed by atoms with E-state index in [1.165, 1.54) is 0 Å². The zero-order chi connectivity index (χ0) is 16.7. The van der Waals surface area contributed by atoms with E-state index in [9.17, 15) is 0 Å². The predicted molar refractivity (Wildman–Crippen MR) is 90.0 cm³/mol. The van der Waals surface area contributed by atoms with Crippen LogP contribution in [0.15, 0.2) is 30.5 Å². The van der Waals surface area contributed by atoms with E-state index in [0.717, 1.165) is 27.9 Å². The molecule has 0 spiro atoms. The normalized spacial score (nSPS) is 10.8. The molecule has 3 aromatic heterocycles. The summed E-state index contributed by atoms with van der Waals surface area (Å²) in [5.74, 6) is 0.426. The van der Waals surface area contributed by atoms with E-state index in [-0.39, 0.29) is 51.4 Å². The van der Waals surface area contributed by atoms with Crippen LogP contribution >= 0.6 is 23.2 Å². The largest absolute Gasteiger partial charge is 1.00 e. The Bertz CT molecular complexity index is 1030. The molecule has 0 amide bonds. The van der Waals surface area contributed by atoms with Crippen LogP contribution < -0.4 is 56.5 Å². The predicted octanol–water partition coefficient (Wildman–Crippen LogP) is -0.0920. The Morgan fingerprint density at radius 3 is 2.84 bits per heavy atom. The smallest absolute Gasteiger partial charge is 0.330 e. The van der Waals surface area contributed by atoms with Crippen LogP contribution in [0.5, 0.6) is 0 Å². The number of benzene rings is 1. The maximum atomic E-state index is 6.29. The van der Waals surface area contributed by atoms with Gasteiger partial charge < -0.3 is 5.10 Å². The average Bonchev–Trinajstić information content (AvgIpc) is 3.21. The molecule has 0 saturated carbocycles. The molecule has 0 fully saturated rings. The molecule has 0 saturated heterocycles. The van der Waals surface area contributed by atoms with Gasteiger partial charge in [0.25, 0.3) is 0 Å². The van der Waals surface area contributed by atoms with Crippen LogP contribution in [0.1, 0.15) is 11.3 Å². The Labute approximate surface area is 195 Å². The summed E-state index contributed by atoms with van der Waals surface area (Å²) in [7, 11) is 0. The van der Waals surface area contributed by atoms with Gasteiger partial charge in [0.2, 0.25) is 0 Å². The first-order chi connectivity index (χ1) is 11.6. The van der Waals surface area contributed by atoms with E-state index in [1.807, 2.05) is 29.8 Å². The molecule has 1 aromatic carbocycles. The molecule has 0 radical (unpaired) electrons. The van der Waals surface area contributed by atoms with Gasteiger partial charge in [0.05, 0.1) is 27.8 Å². The number of aromatic nitrogens is 7. The minimum atomic E-state index is 0. The fourth-order valence-electron chi connectivity index (χ4n) is 2.55. The van der Waals surface area contributed by atoms with Crippen LogP contribution in [0.4, 0.5) is 0 Å². The summed E-state index contributed by atoms with van der Waals surface area (Å²) in [5, 5.41) is 20.3. The summed E-state index contributed by atoms with van der Waals surface area (Å²) in [4.78, 5) is 4.46. The third-order valence-corrected chi connectivity index (χ3v) is 4.55. The fraction of sp³-hybridized carbons (Fsp3) is 0.133. The first-order valence-electron chi connectivity index (χ1n) is 7.08. The Morgan fingerprint density at radius 2 is 2.08 bits per heavy atom. The van der Waals surface area contributed by atoms with E-state index in [2.05, 4.69) is 30.7 Å². The van der Waals surface area contributed by atoms with Crippen LogP contribution in [0, 0.1) is 6.92 Å². The molecular formula is C15H10Cl2KN7. The topological polar surface area (TPSA) is 83.5 Å². The van der Waals surface area contributed by atoms with Crippen molar-refractivity contribution < 1.29 is 51.4 Å². The molecule has 7 nitrogen and oxygen atoms in total. The molecule has 0 aliphatic heterocycles. The first-order valence-corrected chi connectivity index (χ1v) is 7.84. The molecule has 10 heteroatoms. The number of rotatable bonds is 3. The Hall–Kier alpha value is -0.874. The van der Waals surface area contributed by atoms with Crippen LogP contribution in [0.25, 0.3) is 22.4 Å². The second kappa shape index (κ2) is 7.79. The number of nitrogens with zero attached hydrogens (tertiary/aromatic N) is 7. The number of tetrazole rings is 1.